The minimum Gasteiger partial charge on any atom is -0.466 e. The van der Waals surface area contributed by atoms with Crippen LogP contribution in [0.5, 0.6) is 0 Å². The lowest BCUT2D eigenvalue weighted by Crippen LogP contribution is -2.34. The fourth-order valence-corrected chi connectivity index (χ4v) is 7.45. The maximum Gasteiger partial charge on any atom is 0.335 e. The standard InChI is InChI=1S/C28H28N2O4/c1-5-11-27-20-19(25(31)33-3)21(26(32)34-4)28(12-6-2,22(20)27)24-23(27)29-17-13-15-9-7-8-10-16(15)14-18(17)30-24/h7-10,13-14,20,22H,5-6,11-12H2,1-4H3. The van der Waals surface area contributed by atoms with Gasteiger partial charge in [0.15, 0.2) is 0 Å². The van der Waals surface area contributed by atoms with Crippen LogP contribution in [0, 0.1) is 11.8 Å². The first-order valence-electron chi connectivity index (χ1n) is 12.1. The van der Waals surface area contributed by atoms with E-state index in [0.717, 1.165) is 52.5 Å². The summed E-state index contributed by atoms with van der Waals surface area (Å²) >= 11 is 0. The van der Waals surface area contributed by atoms with Gasteiger partial charge in [0.05, 0.1) is 53.2 Å². The van der Waals surface area contributed by atoms with E-state index in [4.69, 9.17) is 19.4 Å². The summed E-state index contributed by atoms with van der Waals surface area (Å²) in [6.07, 6.45) is 3.40. The third-order valence-corrected chi connectivity index (χ3v) is 8.39. The van der Waals surface area contributed by atoms with Gasteiger partial charge in [-0.2, -0.15) is 0 Å². The number of ether oxygens (including phenoxy) is 2. The van der Waals surface area contributed by atoms with Crippen molar-refractivity contribution < 1.29 is 19.1 Å². The Hall–Kier alpha value is -3.28. The van der Waals surface area contributed by atoms with Crippen molar-refractivity contribution in [2.24, 2.45) is 11.8 Å². The number of fused-ring (bicyclic) bond motifs is 6. The van der Waals surface area contributed by atoms with Crippen molar-refractivity contribution >= 4 is 33.7 Å². The van der Waals surface area contributed by atoms with Gasteiger partial charge in [0.1, 0.15) is 0 Å². The molecule has 6 heteroatoms. The molecule has 0 amide bonds. The Kier molecular flexibility index (Phi) is 4.45. The Morgan fingerprint density at radius 2 is 1.47 bits per heavy atom. The largest absolute Gasteiger partial charge is 0.466 e. The van der Waals surface area contributed by atoms with Crippen molar-refractivity contribution in [1.82, 2.24) is 9.97 Å². The van der Waals surface area contributed by atoms with Crippen LogP contribution in [0.1, 0.15) is 50.9 Å². The van der Waals surface area contributed by atoms with Gasteiger partial charge in [0, 0.05) is 11.3 Å². The average molecular weight is 457 g/mol. The molecule has 0 aliphatic heterocycles. The molecule has 1 aromatic heterocycles. The number of hydrogen-bond acceptors (Lipinski definition) is 6. The lowest BCUT2D eigenvalue weighted by Gasteiger charge is -2.30. The third kappa shape index (κ3) is 2.31. The van der Waals surface area contributed by atoms with E-state index in [0.29, 0.717) is 17.6 Å². The maximum atomic E-state index is 13.3. The maximum absolute atomic E-state index is 13.3. The van der Waals surface area contributed by atoms with Crippen molar-refractivity contribution in [2.75, 3.05) is 14.2 Å². The van der Waals surface area contributed by atoms with Gasteiger partial charge in [-0.25, -0.2) is 19.6 Å². The highest BCUT2D eigenvalue weighted by atomic mass is 16.5. The molecule has 0 saturated heterocycles. The van der Waals surface area contributed by atoms with Crippen LogP contribution in [0.3, 0.4) is 0 Å². The fourth-order valence-electron chi connectivity index (χ4n) is 7.45. The van der Waals surface area contributed by atoms with Crippen molar-refractivity contribution in [2.45, 2.75) is 50.4 Å². The van der Waals surface area contributed by atoms with Gasteiger partial charge < -0.3 is 9.47 Å². The summed E-state index contributed by atoms with van der Waals surface area (Å²) in [6, 6.07) is 12.4. The quantitative estimate of drug-likeness (QED) is 0.393. The van der Waals surface area contributed by atoms with Crippen molar-refractivity contribution in [3.8, 4) is 0 Å². The van der Waals surface area contributed by atoms with Crippen LogP contribution in [-0.2, 0) is 29.9 Å². The van der Waals surface area contributed by atoms with E-state index < -0.39 is 17.4 Å². The van der Waals surface area contributed by atoms with Gasteiger partial charge in [-0.3, -0.25) is 0 Å². The number of carbonyl (C=O) groups is 2. The van der Waals surface area contributed by atoms with Crippen molar-refractivity contribution in [3.05, 3.63) is 58.9 Å². The van der Waals surface area contributed by atoms with E-state index in [9.17, 15) is 9.59 Å². The second-order valence-electron chi connectivity index (χ2n) is 9.85. The first-order valence-corrected chi connectivity index (χ1v) is 12.1. The molecule has 34 heavy (non-hydrogen) atoms. The van der Waals surface area contributed by atoms with Crippen LogP contribution in [-0.4, -0.2) is 36.1 Å². The Morgan fingerprint density at radius 1 is 0.882 bits per heavy atom. The Morgan fingerprint density at radius 3 is 2.03 bits per heavy atom. The van der Waals surface area contributed by atoms with Crippen LogP contribution >= 0.6 is 0 Å². The Labute approximate surface area is 198 Å². The molecule has 1 heterocycles. The molecule has 1 saturated carbocycles. The number of esters is 2. The predicted molar refractivity (Wildman–Crippen MR) is 128 cm³/mol. The molecule has 0 N–H and O–H groups in total. The van der Waals surface area contributed by atoms with Crippen LogP contribution in [0.4, 0.5) is 0 Å². The normalized spacial score (nSPS) is 28.2. The lowest BCUT2D eigenvalue weighted by molar-refractivity contribution is -0.140. The van der Waals surface area contributed by atoms with Gasteiger partial charge in [-0.15, -0.1) is 0 Å². The molecule has 6 rings (SSSR count). The number of aromatic nitrogens is 2. The van der Waals surface area contributed by atoms with E-state index in [1.54, 1.807) is 0 Å². The zero-order valence-corrected chi connectivity index (χ0v) is 20.0. The summed E-state index contributed by atoms with van der Waals surface area (Å²) < 4.78 is 10.5. The topological polar surface area (TPSA) is 78.4 Å². The zero-order valence-electron chi connectivity index (χ0n) is 20.0. The van der Waals surface area contributed by atoms with Crippen LogP contribution in [0.2, 0.25) is 0 Å². The number of hydrogen-bond donors (Lipinski definition) is 0. The molecule has 3 aromatic rings. The minimum absolute atomic E-state index is 0.0831. The molecule has 1 fully saturated rings. The summed E-state index contributed by atoms with van der Waals surface area (Å²) in [6.45, 7) is 4.27. The second kappa shape index (κ2) is 7.11. The van der Waals surface area contributed by atoms with Gasteiger partial charge in [0.2, 0.25) is 0 Å². The number of methoxy groups -OCH3 is 2. The number of nitrogens with zero attached hydrogens (tertiary/aromatic N) is 2. The Balaban J connectivity index is 1.70. The molecule has 6 nitrogen and oxygen atoms in total. The summed E-state index contributed by atoms with van der Waals surface area (Å²) in [5.41, 5.74) is 3.44. The van der Waals surface area contributed by atoms with E-state index in [1.165, 1.54) is 14.2 Å². The summed E-state index contributed by atoms with van der Waals surface area (Å²) in [5, 5.41) is 2.22. The minimum atomic E-state index is -0.673. The molecule has 4 unspecified atom stereocenters. The number of carbonyl (C=O) groups excluding carboxylic acids is 2. The molecule has 174 valence electrons. The lowest BCUT2D eigenvalue weighted by atomic mass is 9.72. The molecule has 0 bridgehead atoms. The molecular weight excluding hydrogens is 428 g/mol. The van der Waals surface area contributed by atoms with E-state index in [2.05, 4.69) is 38.1 Å². The first-order chi connectivity index (χ1) is 16.5. The number of benzene rings is 2. The molecule has 2 aromatic carbocycles. The van der Waals surface area contributed by atoms with Crippen molar-refractivity contribution in [3.63, 3.8) is 0 Å². The molecule has 0 radical (unpaired) electrons. The SMILES string of the molecule is CCCC12C(C(=O)OC)=C(C(=O)OC)C3C1C3(CCC)c1nc3cc4ccccc4cc3nc12. The van der Waals surface area contributed by atoms with E-state index >= 15 is 0 Å². The number of rotatable bonds is 6. The van der Waals surface area contributed by atoms with Gasteiger partial charge in [0.25, 0.3) is 0 Å². The molecule has 3 aliphatic carbocycles. The summed E-state index contributed by atoms with van der Waals surface area (Å²) in [4.78, 5) is 36.8. The summed E-state index contributed by atoms with van der Waals surface area (Å²) in [5.74, 6) is -0.890. The summed E-state index contributed by atoms with van der Waals surface area (Å²) in [7, 11) is 2.76. The van der Waals surface area contributed by atoms with Gasteiger partial charge in [-0.1, -0.05) is 51.0 Å². The van der Waals surface area contributed by atoms with E-state index in [1.807, 2.05) is 12.1 Å². The fraction of sp³-hybridized carbons (Fsp3) is 0.429. The van der Waals surface area contributed by atoms with Gasteiger partial charge >= 0.3 is 11.9 Å². The smallest absolute Gasteiger partial charge is 0.335 e. The van der Waals surface area contributed by atoms with Crippen LogP contribution < -0.4 is 0 Å². The molecule has 3 aliphatic rings. The third-order valence-electron chi connectivity index (χ3n) is 8.39. The van der Waals surface area contributed by atoms with E-state index in [-0.39, 0.29) is 17.3 Å². The monoisotopic (exact) mass is 456 g/mol. The van der Waals surface area contributed by atoms with Crippen LogP contribution in [0.15, 0.2) is 47.5 Å². The highest BCUT2D eigenvalue weighted by Gasteiger charge is 2.85. The highest BCUT2D eigenvalue weighted by molar-refractivity contribution is 6.07. The predicted octanol–water partition coefficient (Wildman–Crippen LogP) is 4.77. The van der Waals surface area contributed by atoms with Crippen molar-refractivity contribution in [1.29, 1.82) is 0 Å². The van der Waals surface area contributed by atoms with Gasteiger partial charge in [-0.05, 0) is 41.7 Å². The average Bonchev–Trinajstić information content (AvgIpc) is 3.34. The molecule has 0 spiro atoms. The molecule has 4 atom stereocenters. The second-order valence-corrected chi connectivity index (χ2v) is 9.85. The zero-order chi connectivity index (χ0) is 23.8. The highest BCUT2D eigenvalue weighted by Crippen LogP contribution is 2.83. The Bertz CT molecular complexity index is 1430. The first kappa shape index (κ1) is 21.3. The molecular formula is C28H28N2O4. The van der Waals surface area contributed by atoms with Crippen LogP contribution in [0.25, 0.3) is 21.8 Å².